The Kier molecular flexibility index (Phi) is 4.52. The third kappa shape index (κ3) is 3.13. The maximum Gasteiger partial charge on any atom is 0.0393 e. The quantitative estimate of drug-likeness (QED) is 0.401. The lowest BCUT2D eigenvalue weighted by atomic mass is 9.84. The molecule has 1 nitrogen and oxygen atoms in total. The highest BCUT2D eigenvalue weighted by atomic mass is 14.6. The predicted molar refractivity (Wildman–Crippen MR) is 117 cm³/mol. The van der Waals surface area contributed by atoms with Gasteiger partial charge in [0, 0.05) is 11.3 Å². The summed E-state index contributed by atoms with van der Waals surface area (Å²) in [7, 11) is 0. The van der Waals surface area contributed by atoms with E-state index < -0.39 is 0 Å². The molecule has 2 N–H and O–H groups in total. The summed E-state index contributed by atoms with van der Waals surface area (Å²) >= 11 is 0. The molecule has 0 saturated carbocycles. The van der Waals surface area contributed by atoms with Gasteiger partial charge < -0.3 is 5.73 Å². The number of aryl methyl sites for hydroxylation is 2. The van der Waals surface area contributed by atoms with Gasteiger partial charge in [0.25, 0.3) is 0 Å². The Morgan fingerprint density at radius 2 is 0.889 bits per heavy atom. The normalized spacial score (nSPS) is 10.7. The molecule has 0 bridgehead atoms. The van der Waals surface area contributed by atoms with E-state index in [-0.39, 0.29) is 0 Å². The van der Waals surface area contributed by atoms with Gasteiger partial charge in [-0.3, -0.25) is 0 Å². The number of hydrogen-bond acceptors (Lipinski definition) is 1. The highest BCUT2D eigenvalue weighted by Gasteiger charge is 2.17. The van der Waals surface area contributed by atoms with Gasteiger partial charge in [0.2, 0.25) is 0 Å². The molecule has 0 aliphatic carbocycles. The summed E-state index contributed by atoms with van der Waals surface area (Å²) in [5.74, 6) is 0. The van der Waals surface area contributed by atoms with Crippen LogP contribution in [0.25, 0.3) is 33.4 Å². The second-order valence-corrected chi connectivity index (χ2v) is 6.95. The molecule has 4 aromatic carbocycles. The zero-order valence-electron chi connectivity index (χ0n) is 15.7. The van der Waals surface area contributed by atoms with Gasteiger partial charge in [0.05, 0.1) is 0 Å². The molecule has 0 heterocycles. The van der Waals surface area contributed by atoms with E-state index >= 15 is 0 Å². The minimum atomic E-state index is 0.800. The third-order valence-corrected chi connectivity index (χ3v) is 5.17. The molecule has 0 aliphatic rings. The van der Waals surface area contributed by atoms with Crippen molar-refractivity contribution in [1.82, 2.24) is 0 Å². The molecule has 4 rings (SSSR count). The van der Waals surface area contributed by atoms with E-state index in [0.717, 1.165) is 11.3 Å². The Balaban J connectivity index is 2.10. The Morgan fingerprint density at radius 1 is 0.444 bits per heavy atom. The molecular weight excluding hydrogens is 326 g/mol. The summed E-state index contributed by atoms with van der Waals surface area (Å²) in [4.78, 5) is 0. The van der Waals surface area contributed by atoms with Crippen LogP contribution in [0.2, 0.25) is 0 Å². The van der Waals surface area contributed by atoms with Gasteiger partial charge in [-0.1, -0.05) is 84.9 Å². The molecule has 0 saturated heterocycles. The van der Waals surface area contributed by atoms with E-state index in [1.54, 1.807) is 0 Å². The lowest BCUT2D eigenvalue weighted by Gasteiger charge is -2.19. The number of nitrogen functional groups attached to an aromatic ring is 1. The highest BCUT2D eigenvalue weighted by Crippen LogP contribution is 2.43. The van der Waals surface area contributed by atoms with Crippen LogP contribution in [-0.2, 0) is 0 Å². The second kappa shape index (κ2) is 7.13. The fourth-order valence-corrected chi connectivity index (χ4v) is 3.76. The number of rotatable bonds is 3. The smallest absolute Gasteiger partial charge is 0.0393 e. The molecule has 0 fully saturated rings. The Bertz CT molecular complexity index is 1040. The lowest BCUT2D eigenvalue weighted by Crippen LogP contribution is -1.96. The van der Waals surface area contributed by atoms with Crippen LogP contribution in [0.5, 0.6) is 0 Å². The van der Waals surface area contributed by atoms with Crippen LogP contribution in [-0.4, -0.2) is 0 Å². The molecule has 0 spiro atoms. The third-order valence-electron chi connectivity index (χ3n) is 5.17. The van der Waals surface area contributed by atoms with Crippen molar-refractivity contribution in [2.45, 2.75) is 13.8 Å². The molecule has 0 radical (unpaired) electrons. The van der Waals surface area contributed by atoms with E-state index in [1.165, 1.54) is 38.9 Å². The number of hydrogen-bond donors (Lipinski definition) is 1. The first kappa shape index (κ1) is 17.1. The average molecular weight is 349 g/mol. The van der Waals surface area contributed by atoms with E-state index in [4.69, 9.17) is 5.73 Å². The first-order valence-corrected chi connectivity index (χ1v) is 9.26. The monoisotopic (exact) mass is 349 g/mol. The van der Waals surface area contributed by atoms with Gasteiger partial charge in [0.1, 0.15) is 0 Å². The molecule has 0 atom stereocenters. The van der Waals surface area contributed by atoms with Crippen molar-refractivity contribution in [1.29, 1.82) is 0 Å². The number of anilines is 1. The first-order valence-electron chi connectivity index (χ1n) is 9.26. The lowest BCUT2D eigenvalue weighted by molar-refractivity contribution is 1.43. The standard InChI is InChI=1S/C26H23N/c1-18-10-3-5-12-20(18)23-15-9-16-24(22-14-7-8-17-25(22)27)26(23)21-13-6-4-11-19(21)2/h3-17H,27H2,1-2H3. The van der Waals surface area contributed by atoms with Gasteiger partial charge in [-0.05, 0) is 58.9 Å². The molecule has 0 unspecified atom stereocenters. The van der Waals surface area contributed by atoms with E-state index in [0.29, 0.717) is 0 Å². The number of benzene rings is 4. The molecule has 27 heavy (non-hydrogen) atoms. The Morgan fingerprint density at radius 3 is 1.48 bits per heavy atom. The molecular formula is C26H23N. The van der Waals surface area contributed by atoms with Gasteiger partial charge in [-0.2, -0.15) is 0 Å². The van der Waals surface area contributed by atoms with Gasteiger partial charge in [-0.25, -0.2) is 0 Å². The number of para-hydroxylation sites is 1. The first-order chi connectivity index (χ1) is 13.2. The summed E-state index contributed by atoms with van der Waals surface area (Å²) < 4.78 is 0. The van der Waals surface area contributed by atoms with Crippen molar-refractivity contribution >= 4 is 5.69 Å². The SMILES string of the molecule is Cc1ccccc1-c1cccc(-c2ccccc2N)c1-c1ccccc1C. The Labute approximate surface area is 161 Å². The van der Waals surface area contributed by atoms with Crippen molar-refractivity contribution in [2.75, 3.05) is 5.73 Å². The summed E-state index contributed by atoms with van der Waals surface area (Å²) in [6.07, 6.45) is 0. The fraction of sp³-hybridized carbons (Fsp3) is 0.0769. The summed E-state index contributed by atoms with van der Waals surface area (Å²) in [6, 6.07) is 31.8. The van der Waals surface area contributed by atoms with E-state index in [2.05, 4.69) is 86.6 Å². The van der Waals surface area contributed by atoms with E-state index in [9.17, 15) is 0 Å². The van der Waals surface area contributed by atoms with Crippen molar-refractivity contribution in [2.24, 2.45) is 0 Å². The molecule has 1 heteroatoms. The fourth-order valence-electron chi connectivity index (χ4n) is 3.76. The zero-order chi connectivity index (χ0) is 18.8. The molecule has 0 aromatic heterocycles. The van der Waals surface area contributed by atoms with Gasteiger partial charge in [0.15, 0.2) is 0 Å². The van der Waals surface area contributed by atoms with Crippen molar-refractivity contribution < 1.29 is 0 Å². The van der Waals surface area contributed by atoms with Gasteiger partial charge >= 0.3 is 0 Å². The minimum Gasteiger partial charge on any atom is -0.398 e. The largest absolute Gasteiger partial charge is 0.398 e. The maximum absolute atomic E-state index is 6.36. The van der Waals surface area contributed by atoms with E-state index in [1.807, 2.05) is 18.2 Å². The van der Waals surface area contributed by atoms with Crippen LogP contribution in [0.3, 0.4) is 0 Å². The highest BCUT2D eigenvalue weighted by molar-refractivity contribution is 5.98. The van der Waals surface area contributed by atoms with Crippen LogP contribution in [0.1, 0.15) is 11.1 Å². The summed E-state index contributed by atoms with van der Waals surface area (Å²) in [5, 5.41) is 0. The van der Waals surface area contributed by atoms with Crippen LogP contribution in [0, 0.1) is 13.8 Å². The molecule has 0 aliphatic heterocycles. The maximum atomic E-state index is 6.36. The number of nitrogens with two attached hydrogens (primary N) is 1. The predicted octanol–water partition coefficient (Wildman–Crippen LogP) is 6.89. The van der Waals surface area contributed by atoms with Crippen LogP contribution >= 0.6 is 0 Å². The van der Waals surface area contributed by atoms with Crippen LogP contribution < -0.4 is 5.73 Å². The molecule has 0 amide bonds. The summed E-state index contributed by atoms with van der Waals surface area (Å²) in [5.41, 5.74) is 16.9. The zero-order valence-corrected chi connectivity index (χ0v) is 15.7. The van der Waals surface area contributed by atoms with Crippen molar-refractivity contribution in [3.8, 4) is 33.4 Å². The molecule has 132 valence electrons. The minimum absolute atomic E-state index is 0.800. The Hall–Kier alpha value is -3.32. The summed E-state index contributed by atoms with van der Waals surface area (Å²) in [6.45, 7) is 4.34. The average Bonchev–Trinajstić information content (AvgIpc) is 2.69. The van der Waals surface area contributed by atoms with Crippen molar-refractivity contribution in [3.05, 3.63) is 102 Å². The van der Waals surface area contributed by atoms with Gasteiger partial charge in [-0.15, -0.1) is 0 Å². The molecule has 4 aromatic rings. The van der Waals surface area contributed by atoms with Crippen LogP contribution in [0.15, 0.2) is 91.0 Å². The topological polar surface area (TPSA) is 26.0 Å². The second-order valence-electron chi connectivity index (χ2n) is 6.95. The van der Waals surface area contributed by atoms with Crippen LogP contribution in [0.4, 0.5) is 5.69 Å². The van der Waals surface area contributed by atoms with Crippen molar-refractivity contribution in [3.63, 3.8) is 0 Å².